The molecule has 0 aliphatic carbocycles. The van der Waals surface area contributed by atoms with Gasteiger partial charge in [-0.1, -0.05) is 42.3 Å². The van der Waals surface area contributed by atoms with Crippen molar-refractivity contribution in [3.8, 4) is 0 Å². The summed E-state index contributed by atoms with van der Waals surface area (Å²) in [5.41, 5.74) is 6.49. The fourth-order valence-corrected chi connectivity index (χ4v) is 1.89. The third kappa shape index (κ3) is 2.67. The molecule has 16 heavy (non-hydrogen) atoms. The quantitative estimate of drug-likeness (QED) is 0.852. The Morgan fingerprint density at radius 3 is 2.62 bits per heavy atom. The number of methoxy groups -OCH3 is 1. The second-order valence-electron chi connectivity index (χ2n) is 3.48. The fourth-order valence-electron chi connectivity index (χ4n) is 1.41. The molecule has 2 unspecified atom stereocenters. The van der Waals surface area contributed by atoms with Crippen LogP contribution < -0.4 is 5.73 Å². The number of esters is 1. The monoisotopic (exact) mass is 261 g/mol. The van der Waals surface area contributed by atoms with E-state index in [0.29, 0.717) is 10.0 Å². The van der Waals surface area contributed by atoms with Gasteiger partial charge in [-0.05, 0) is 11.6 Å². The van der Waals surface area contributed by atoms with Crippen LogP contribution in [-0.4, -0.2) is 19.1 Å². The van der Waals surface area contributed by atoms with Crippen molar-refractivity contribution in [1.29, 1.82) is 0 Å². The van der Waals surface area contributed by atoms with Gasteiger partial charge in [0.2, 0.25) is 0 Å². The Hall–Kier alpha value is -0.770. The molecule has 1 aromatic rings. The molecule has 2 atom stereocenters. The molecule has 0 aromatic heterocycles. The van der Waals surface area contributed by atoms with E-state index in [1.54, 1.807) is 25.1 Å². The maximum absolute atomic E-state index is 11.3. The lowest BCUT2D eigenvalue weighted by atomic mass is 9.94. The maximum Gasteiger partial charge on any atom is 0.323 e. The van der Waals surface area contributed by atoms with Gasteiger partial charge in [0.1, 0.15) is 6.04 Å². The summed E-state index contributed by atoms with van der Waals surface area (Å²) in [4.78, 5) is 11.3. The Labute approximate surface area is 104 Å². The Morgan fingerprint density at radius 2 is 2.06 bits per heavy atom. The molecule has 0 aliphatic heterocycles. The van der Waals surface area contributed by atoms with E-state index in [4.69, 9.17) is 28.9 Å². The molecular formula is C11H13Cl2NO2. The molecule has 5 heteroatoms. The zero-order valence-corrected chi connectivity index (χ0v) is 10.5. The number of carbonyl (C=O) groups excluding carboxylic acids is 1. The van der Waals surface area contributed by atoms with E-state index in [1.807, 2.05) is 0 Å². The van der Waals surface area contributed by atoms with Crippen LogP contribution in [0.15, 0.2) is 18.2 Å². The van der Waals surface area contributed by atoms with Crippen LogP contribution in [0.25, 0.3) is 0 Å². The number of nitrogens with two attached hydrogens (primary N) is 1. The second kappa shape index (κ2) is 5.53. The van der Waals surface area contributed by atoms with Crippen LogP contribution in [0.2, 0.25) is 10.0 Å². The highest BCUT2D eigenvalue weighted by atomic mass is 35.5. The summed E-state index contributed by atoms with van der Waals surface area (Å²) in [5, 5.41) is 0.874. The number of ether oxygens (including phenoxy) is 1. The lowest BCUT2D eigenvalue weighted by Gasteiger charge is -2.19. The molecule has 1 aromatic carbocycles. The van der Waals surface area contributed by atoms with Crippen LogP contribution in [0.1, 0.15) is 18.4 Å². The predicted octanol–water partition coefficient (Wildman–Crippen LogP) is 2.60. The summed E-state index contributed by atoms with van der Waals surface area (Å²) < 4.78 is 4.58. The van der Waals surface area contributed by atoms with Crippen LogP contribution in [0.3, 0.4) is 0 Å². The van der Waals surface area contributed by atoms with Crippen molar-refractivity contribution in [3.63, 3.8) is 0 Å². The van der Waals surface area contributed by atoms with Gasteiger partial charge in [0.25, 0.3) is 0 Å². The van der Waals surface area contributed by atoms with E-state index in [9.17, 15) is 4.79 Å². The first-order valence-electron chi connectivity index (χ1n) is 4.76. The Bertz CT molecular complexity index is 396. The molecule has 0 amide bonds. The topological polar surface area (TPSA) is 52.3 Å². The molecule has 0 spiro atoms. The first kappa shape index (κ1) is 13.3. The van der Waals surface area contributed by atoms with Gasteiger partial charge >= 0.3 is 5.97 Å². The van der Waals surface area contributed by atoms with E-state index < -0.39 is 12.0 Å². The lowest BCUT2D eigenvalue weighted by Crippen LogP contribution is -2.36. The van der Waals surface area contributed by atoms with Gasteiger partial charge in [0.15, 0.2) is 0 Å². The third-order valence-electron chi connectivity index (χ3n) is 2.48. The molecule has 3 nitrogen and oxygen atoms in total. The molecule has 0 heterocycles. The highest BCUT2D eigenvalue weighted by Gasteiger charge is 2.25. The largest absolute Gasteiger partial charge is 0.468 e. The Morgan fingerprint density at radius 1 is 1.44 bits per heavy atom. The van der Waals surface area contributed by atoms with Crippen LogP contribution >= 0.6 is 23.2 Å². The molecule has 0 aliphatic rings. The second-order valence-corrected chi connectivity index (χ2v) is 4.27. The normalized spacial score (nSPS) is 14.3. The van der Waals surface area contributed by atoms with E-state index in [-0.39, 0.29) is 5.92 Å². The first-order valence-corrected chi connectivity index (χ1v) is 5.52. The van der Waals surface area contributed by atoms with E-state index >= 15 is 0 Å². The minimum Gasteiger partial charge on any atom is -0.468 e. The molecule has 88 valence electrons. The summed E-state index contributed by atoms with van der Waals surface area (Å²) in [5.74, 6) is -0.720. The molecule has 0 saturated heterocycles. The van der Waals surface area contributed by atoms with Crippen LogP contribution in [0.5, 0.6) is 0 Å². The van der Waals surface area contributed by atoms with Crippen molar-refractivity contribution in [3.05, 3.63) is 33.8 Å². The average Bonchev–Trinajstić information content (AvgIpc) is 2.29. The minimum absolute atomic E-state index is 0.251. The van der Waals surface area contributed by atoms with Gasteiger partial charge < -0.3 is 10.5 Å². The van der Waals surface area contributed by atoms with Crippen LogP contribution in [0.4, 0.5) is 0 Å². The molecule has 2 N–H and O–H groups in total. The predicted molar refractivity (Wildman–Crippen MR) is 64.9 cm³/mol. The molecular weight excluding hydrogens is 249 g/mol. The van der Waals surface area contributed by atoms with Crippen molar-refractivity contribution in [2.75, 3.05) is 7.11 Å². The van der Waals surface area contributed by atoms with Crippen LogP contribution in [0, 0.1) is 0 Å². The highest BCUT2D eigenvalue weighted by Crippen LogP contribution is 2.32. The zero-order chi connectivity index (χ0) is 12.3. The average molecular weight is 262 g/mol. The van der Waals surface area contributed by atoms with Crippen LogP contribution in [-0.2, 0) is 9.53 Å². The fraction of sp³-hybridized carbons (Fsp3) is 0.364. The van der Waals surface area contributed by atoms with Gasteiger partial charge in [-0.15, -0.1) is 0 Å². The third-order valence-corrected chi connectivity index (χ3v) is 3.32. The molecule has 0 radical (unpaired) electrons. The highest BCUT2D eigenvalue weighted by molar-refractivity contribution is 6.42. The number of carbonyl (C=O) groups is 1. The summed E-state index contributed by atoms with van der Waals surface area (Å²) in [7, 11) is 1.30. The Kier molecular flexibility index (Phi) is 4.59. The smallest absolute Gasteiger partial charge is 0.323 e. The number of hydrogen-bond acceptors (Lipinski definition) is 3. The summed E-state index contributed by atoms with van der Waals surface area (Å²) in [6, 6.07) is 4.50. The van der Waals surface area contributed by atoms with Crippen molar-refractivity contribution < 1.29 is 9.53 Å². The van der Waals surface area contributed by atoms with E-state index in [0.717, 1.165) is 5.56 Å². The number of hydrogen-bond donors (Lipinski definition) is 1. The Balaban J connectivity index is 3.00. The molecule has 1 rings (SSSR count). The minimum atomic E-state index is -0.749. The van der Waals surface area contributed by atoms with Gasteiger partial charge in [-0.2, -0.15) is 0 Å². The molecule has 0 bridgehead atoms. The lowest BCUT2D eigenvalue weighted by molar-refractivity contribution is -0.142. The van der Waals surface area contributed by atoms with Gasteiger partial charge in [0.05, 0.1) is 17.2 Å². The van der Waals surface area contributed by atoms with Crippen molar-refractivity contribution in [2.45, 2.75) is 18.9 Å². The maximum atomic E-state index is 11.3. The summed E-state index contributed by atoms with van der Waals surface area (Å²) >= 11 is 11.9. The van der Waals surface area contributed by atoms with Gasteiger partial charge in [-0.25, -0.2) is 0 Å². The molecule has 0 saturated carbocycles. The number of rotatable bonds is 3. The number of benzene rings is 1. The molecule has 0 fully saturated rings. The van der Waals surface area contributed by atoms with Crippen molar-refractivity contribution >= 4 is 29.2 Å². The zero-order valence-electron chi connectivity index (χ0n) is 9.04. The first-order chi connectivity index (χ1) is 7.49. The summed E-state index contributed by atoms with van der Waals surface area (Å²) in [6.45, 7) is 1.80. The van der Waals surface area contributed by atoms with E-state index in [1.165, 1.54) is 7.11 Å². The standard InChI is InChI=1S/C11H13Cl2NO2/c1-6(10(14)11(15)16-2)7-4-3-5-8(12)9(7)13/h3-6,10H,14H2,1-2H3. The van der Waals surface area contributed by atoms with Crippen molar-refractivity contribution in [1.82, 2.24) is 0 Å². The van der Waals surface area contributed by atoms with Gasteiger partial charge in [-0.3, -0.25) is 4.79 Å². The number of halogens is 2. The SMILES string of the molecule is COC(=O)C(N)C(C)c1cccc(Cl)c1Cl. The van der Waals surface area contributed by atoms with E-state index in [2.05, 4.69) is 4.74 Å². The van der Waals surface area contributed by atoms with Gasteiger partial charge in [0, 0.05) is 5.92 Å². The summed E-state index contributed by atoms with van der Waals surface area (Å²) in [6.07, 6.45) is 0. The van der Waals surface area contributed by atoms with Crippen molar-refractivity contribution in [2.24, 2.45) is 5.73 Å².